The van der Waals surface area contributed by atoms with Crippen molar-refractivity contribution in [2.75, 3.05) is 20.1 Å². The molecule has 1 aromatic carbocycles. The van der Waals surface area contributed by atoms with Crippen LogP contribution in [0.1, 0.15) is 23.6 Å². The standard InChI is InChI=1S/C13H17FN2/c1-16-7-6-15-12-5-2-9-8-10(14)3-4-11(9)13(12)16/h3-4,8,12-13,15H,2,5-7H2,1H3. The number of piperazine rings is 1. The van der Waals surface area contributed by atoms with Crippen molar-refractivity contribution in [3.05, 3.63) is 35.1 Å². The summed E-state index contributed by atoms with van der Waals surface area (Å²) in [6, 6.07) is 6.22. The van der Waals surface area contributed by atoms with E-state index in [2.05, 4.69) is 17.3 Å². The zero-order valence-corrected chi connectivity index (χ0v) is 9.54. The maximum atomic E-state index is 13.2. The average Bonchev–Trinajstić information content (AvgIpc) is 2.29. The Bertz CT molecular complexity index is 405. The van der Waals surface area contributed by atoms with Crippen LogP contribution in [0.15, 0.2) is 18.2 Å². The highest BCUT2D eigenvalue weighted by Gasteiger charge is 2.34. The number of hydrogen-bond donors (Lipinski definition) is 1. The second kappa shape index (κ2) is 3.82. The van der Waals surface area contributed by atoms with Crippen LogP contribution >= 0.6 is 0 Å². The minimum absolute atomic E-state index is 0.108. The maximum Gasteiger partial charge on any atom is 0.123 e. The molecule has 3 heteroatoms. The Labute approximate surface area is 95.4 Å². The summed E-state index contributed by atoms with van der Waals surface area (Å²) in [5, 5.41) is 3.57. The number of halogens is 1. The molecule has 2 nitrogen and oxygen atoms in total. The fourth-order valence-electron chi connectivity index (χ4n) is 3.09. The molecule has 0 radical (unpaired) electrons. The molecular weight excluding hydrogens is 203 g/mol. The van der Waals surface area contributed by atoms with Gasteiger partial charge in [0.1, 0.15) is 5.82 Å². The lowest BCUT2D eigenvalue weighted by atomic mass is 9.82. The minimum Gasteiger partial charge on any atom is -0.311 e. The molecule has 86 valence electrons. The predicted molar refractivity (Wildman–Crippen MR) is 61.9 cm³/mol. The van der Waals surface area contributed by atoms with E-state index < -0.39 is 0 Å². The van der Waals surface area contributed by atoms with E-state index in [0.717, 1.165) is 25.9 Å². The van der Waals surface area contributed by atoms with Gasteiger partial charge in [0.05, 0.1) is 6.04 Å². The summed E-state index contributed by atoms with van der Waals surface area (Å²) in [5.74, 6) is -0.108. The zero-order valence-electron chi connectivity index (χ0n) is 9.54. The van der Waals surface area contributed by atoms with E-state index in [1.807, 2.05) is 6.07 Å². The molecule has 1 saturated heterocycles. The van der Waals surface area contributed by atoms with Gasteiger partial charge in [-0.3, -0.25) is 4.90 Å². The van der Waals surface area contributed by atoms with Crippen molar-refractivity contribution >= 4 is 0 Å². The first kappa shape index (κ1) is 10.2. The first-order chi connectivity index (χ1) is 7.75. The Morgan fingerprint density at radius 3 is 3.19 bits per heavy atom. The lowest BCUT2D eigenvalue weighted by molar-refractivity contribution is 0.137. The van der Waals surface area contributed by atoms with Crippen molar-refractivity contribution in [3.63, 3.8) is 0 Å². The second-order valence-electron chi connectivity index (χ2n) is 4.87. The number of likely N-dealkylation sites (N-methyl/N-ethyl adjacent to an activating group) is 1. The molecule has 2 atom stereocenters. The molecule has 0 aromatic heterocycles. The van der Waals surface area contributed by atoms with Gasteiger partial charge in [0.15, 0.2) is 0 Å². The van der Waals surface area contributed by atoms with Gasteiger partial charge in [-0.25, -0.2) is 4.39 Å². The number of fused-ring (bicyclic) bond motifs is 3. The molecule has 1 aromatic rings. The lowest BCUT2D eigenvalue weighted by Gasteiger charge is -2.43. The summed E-state index contributed by atoms with van der Waals surface area (Å²) in [5.41, 5.74) is 2.50. The van der Waals surface area contributed by atoms with E-state index in [9.17, 15) is 4.39 Å². The highest BCUT2D eigenvalue weighted by molar-refractivity contribution is 5.35. The maximum absolute atomic E-state index is 13.2. The third-order valence-electron chi connectivity index (χ3n) is 3.88. The molecule has 1 fully saturated rings. The summed E-state index contributed by atoms with van der Waals surface area (Å²) in [6.07, 6.45) is 2.11. The third kappa shape index (κ3) is 1.55. The fourth-order valence-corrected chi connectivity index (χ4v) is 3.09. The molecular formula is C13H17FN2. The van der Waals surface area contributed by atoms with E-state index in [4.69, 9.17) is 0 Å². The van der Waals surface area contributed by atoms with E-state index in [0.29, 0.717) is 12.1 Å². The molecule has 2 unspecified atom stereocenters. The van der Waals surface area contributed by atoms with Gasteiger partial charge in [-0.15, -0.1) is 0 Å². The van der Waals surface area contributed by atoms with Crippen LogP contribution in [0.4, 0.5) is 4.39 Å². The van der Waals surface area contributed by atoms with Gasteiger partial charge in [-0.05, 0) is 43.1 Å². The summed E-state index contributed by atoms with van der Waals surface area (Å²) < 4.78 is 13.2. The van der Waals surface area contributed by atoms with E-state index in [1.165, 1.54) is 11.1 Å². The van der Waals surface area contributed by atoms with Crippen molar-refractivity contribution in [2.24, 2.45) is 0 Å². The highest BCUT2D eigenvalue weighted by atomic mass is 19.1. The first-order valence-electron chi connectivity index (χ1n) is 5.97. The van der Waals surface area contributed by atoms with Gasteiger partial charge in [-0.2, -0.15) is 0 Å². The Morgan fingerprint density at radius 1 is 1.44 bits per heavy atom. The fraction of sp³-hybridized carbons (Fsp3) is 0.538. The van der Waals surface area contributed by atoms with Gasteiger partial charge in [0.2, 0.25) is 0 Å². The Morgan fingerprint density at radius 2 is 2.31 bits per heavy atom. The molecule has 0 amide bonds. The molecule has 0 saturated carbocycles. The van der Waals surface area contributed by atoms with Crippen molar-refractivity contribution < 1.29 is 4.39 Å². The SMILES string of the molecule is CN1CCNC2CCc3cc(F)ccc3C21. The highest BCUT2D eigenvalue weighted by Crippen LogP contribution is 2.35. The summed E-state index contributed by atoms with van der Waals surface area (Å²) in [7, 11) is 2.16. The number of benzene rings is 1. The molecule has 0 spiro atoms. The second-order valence-corrected chi connectivity index (χ2v) is 4.87. The predicted octanol–water partition coefficient (Wildman–Crippen LogP) is 1.72. The van der Waals surface area contributed by atoms with Crippen LogP contribution in [0.2, 0.25) is 0 Å². The molecule has 1 N–H and O–H groups in total. The smallest absolute Gasteiger partial charge is 0.123 e. The van der Waals surface area contributed by atoms with Gasteiger partial charge < -0.3 is 5.32 Å². The zero-order chi connectivity index (χ0) is 11.1. The van der Waals surface area contributed by atoms with Gasteiger partial charge in [0.25, 0.3) is 0 Å². The van der Waals surface area contributed by atoms with Crippen molar-refractivity contribution in [1.29, 1.82) is 0 Å². The quantitative estimate of drug-likeness (QED) is 0.716. The summed E-state index contributed by atoms with van der Waals surface area (Å²) in [6.45, 7) is 2.13. The normalized spacial score (nSPS) is 29.6. The van der Waals surface area contributed by atoms with Crippen molar-refractivity contribution in [2.45, 2.75) is 24.9 Å². The first-order valence-corrected chi connectivity index (χ1v) is 5.97. The largest absolute Gasteiger partial charge is 0.311 e. The monoisotopic (exact) mass is 220 g/mol. The lowest BCUT2D eigenvalue weighted by Crippen LogP contribution is -2.53. The van der Waals surface area contributed by atoms with Crippen LogP contribution in [0.5, 0.6) is 0 Å². The molecule has 16 heavy (non-hydrogen) atoms. The summed E-state index contributed by atoms with van der Waals surface area (Å²) >= 11 is 0. The van der Waals surface area contributed by atoms with E-state index >= 15 is 0 Å². The molecule has 1 heterocycles. The molecule has 2 aliphatic rings. The average molecular weight is 220 g/mol. The van der Waals surface area contributed by atoms with Crippen molar-refractivity contribution in [1.82, 2.24) is 10.2 Å². The van der Waals surface area contributed by atoms with Gasteiger partial charge >= 0.3 is 0 Å². The van der Waals surface area contributed by atoms with Crippen LogP contribution in [0, 0.1) is 5.82 Å². The Balaban J connectivity index is 2.02. The minimum atomic E-state index is -0.108. The Hall–Kier alpha value is -0.930. The van der Waals surface area contributed by atoms with Crippen LogP contribution in [0.3, 0.4) is 0 Å². The van der Waals surface area contributed by atoms with Crippen LogP contribution in [0.25, 0.3) is 0 Å². The van der Waals surface area contributed by atoms with Crippen LogP contribution < -0.4 is 5.32 Å². The van der Waals surface area contributed by atoms with E-state index in [-0.39, 0.29) is 5.82 Å². The Kier molecular flexibility index (Phi) is 2.45. The number of rotatable bonds is 0. The molecule has 3 rings (SSSR count). The summed E-state index contributed by atoms with van der Waals surface area (Å²) in [4.78, 5) is 2.39. The third-order valence-corrected chi connectivity index (χ3v) is 3.88. The topological polar surface area (TPSA) is 15.3 Å². The van der Waals surface area contributed by atoms with Crippen molar-refractivity contribution in [3.8, 4) is 0 Å². The van der Waals surface area contributed by atoms with Gasteiger partial charge in [0, 0.05) is 19.1 Å². The van der Waals surface area contributed by atoms with E-state index in [1.54, 1.807) is 12.1 Å². The molecule has 1 aliphatic heterocycles. The number of nitrogens with one attached hydrogen (secondary N) is 1. The van der Waals surface area contributed by atoms with Gasteiger partial charge in [-0.1, -0.05) is 6.07 Å². The molecule has 0 bridgehead atoms. The number of hydrogen-bond acceptors (Lipinski definition) is 2. The number of aryl methyl sites for hydroxylation is 1. The molecule has 1 aliphatic carbocycles. The number of nitrogens with zero attached hydrogens (tertiary/aromatic N) is 1. The van der Waals surface area contributed by atoms with Crippen LogP contribution in [-0.2, 0) is 6.42 Å². The van der Waals surface area contributed by atoms with Crippen LogP contribution in [-0.4, -0.2) is 31.1 Å².